The van der Waals surface area contributed by atoms with Gasteiger partial charge in [-0.2, -0.15) is 0 Å². The predicted molar refractivity (Wildman–Crippen MR) is 103 cm³/mol. The lowest BCUT2D eigenvalue weighted by atomic mass is 10.1. The van der Waals surface area contributed by atoms with Crippen molar-refractivity contribution in [2.75, 3.05) is 6.54 Å². The Kier molecular flexibility index (Phi) is 9.48. The van der Waals surface area contributed by atoms with E-state index in [4.69, 9.17) is 9.47 Å². The van der Waals surface area contributed by atoms with E-state index in [-0.39, 0.29) is 12.6 Å². The van der Waals surface area contributed by atoms with Gasteiger partial charge >= 0.3 is 12.1 Å². The van der Waals surface area contributed by atoms with Crippen molar-refractivity contribution >= 4 is 12.1 Å². The monoisotopic (exact) mass is 361 g/mol. The van der Waals surface area contributed by atoms with Crippen molar-refractivity contribution in [1.82, 2.24) is 5.32 Å². The molecule has 0 heterocycles. The maximum Gasteiger partial charge on any atom is 0.407 e. The number of nitrogens with one attached hydrogen (secondary N) is 1. The van der Waals surface area contributed by atoms with Gasteiger partial charge in [0.2, 0.25) is 0 Å². The van der Waals surface area contributed by atoms with Gasteiger partial charge in [0.25, 0.3) is 0 Å². The molecule has 1 aromatic carbocycles. The summed E-state index contributed by atoms with van der Waals surface area (Å²) in [7, 11) is 0. The third kappa shape index (κ3) is 10.5. The second-order valence-corrected chi connectivity index (χ2v) is 7.14. The molecule has 0 fully saturated rings. The number of carbonyl (C=O) groups is 2. The highest BCUT2D eigenvalue weighted by atomic mass is 16.6. The molecule has 1 N–H and O–H groups in total. The van der Waals surface area contributed by atoms with Gasteiger partial charge in [-0.1, -0.05) is 42.8 Å². The van der Waals surface area contributed by atoms with E-state index in [9.17, 15) is 9.59 Å². The maximum absolute atomic E-state index is 11.8. The molecule has 0 spiro atoms. The van der Waals surface area contributed by atoms with Crippen LogP contribution >= 0.6 is 0 Å². The number of ether oxygens (including phenoxy) is 2. The van der Waals surface area contributed by atoms with Gasteiger partial charge in [0, 0.05) is 12.6 Å². The number of hydrogen-bond donors (Lipinski definition) is 1. The van der Waals surface area contributed by atoms with Crippen LogP contribution in [0, 0.1) is 0 Å². The van der Waals surface area contributed by atoms with Crippen LogP contribution in [0.15, 0.2) is 42.0 Å². The van der Waals surface area contributed by atoms with E-state index in [0.29, 0.717) is 6.54 Å². The Bertz CT molecular complexity index is 588. The average Bonchev–Trinajstić information content (AvgIpc) is 2.58. The molecule has 0 aliphatic rings. The lowest BCUT2D eigenvalue weighted by Crippen LogP contribution is -2.25. The standard InChI is InChI=1S/C21H31NO4/c1-5-17(15-19(23)26-21(2,3)4)11-9-10-14-22-20(24)25-16-18-12-7-6-8-13-18/h6-8,12-13,15H,5,9-11,14,16H2,1-4H3,(H,22,24)/b17-15+. The summed E-state index contributed by atoms with van der Waals surface area (Å²) in [6.07, 6.45) is 4.52. The van der Waals surface area contributed by atoms with Crippen LogP contribution < -0.4 is 5.32 Å². The van der Waals surface area contributed by atoms with E-state index in [0.717, 1.165) is 36.8 Å². The first kappa shape index (κ1) is 21.7. The van der Waals surface area contributed by atoms with Crippen molar-refractivity contribution in [3.05, 3.63) is 47.5 Å². The highest BCUT2D eigenvalue weighted by Crippen LogP contribution is 2.14. The number of allylic oxidation sites excluding steroid dienone is 1. The van der Waals surface area contributed by atoms with Crippen molar-refractivity contribution in [1.29, 1.82) is 0 Å². The van der Waals surface area contributed by atoms with E-state index >= 15 is 0 Å². The van der Waals surface area contributed by atoms with Crippen LogP contribution in [-0.2, 0) is 20.9 Å². The summed E-state index contributed by atoms with van der Waals surface area (Å²) in [4.78, 5) is 23.5. The van der Waals surface area contributed by atoms with Crippen LogP contribution in [-0.4, -0.2) is 24.2 Å². The van der Waals surface area contributed by atoms with Gasteiger partial charge in [-0.3, -0.25) is 0 Å². The molecule has 0 aromatic heterocycles. The molecule has 0 unspecified atom stereocenters. The second kappa shape index (κ2) is 11.3. The van der Waals surface area contributed by atoms with E-state index < -0.39 is 11.7 Å². The van der Waals surface area contributed by atoms with Gasteiger partial charge in [0.15, 0.2) is 0 Å². The number of amides is 1. The molecule has 1 amide bonds. The third-order valence-corrected chi connectivity index (χ3v) is 3.59. The summed E-state index contributed by atoms with van der Waals surface area (Å²) in [5.41, 5.74) is 1.55. The molecule has 0 bridgehead atoms. The van der Waals surface area contributed by atoms with Crippen molar-refractivity contribution in [3.8, 4) is 0 Å². The zero-order chi connectivity index (χ0) is 19.4. The molecule has 0 saturated carbocycles. The Labute approximate surface area is 156 Å². The summed E-state index contributed by atoms with van der Waals surface area (Å²) in [5, 5.41) is 2.74. The number of rotatable bonds is 9. The predicted octanol–water partition coefficient (Wildman–Crippen LogP) is 4.76. The van der Waals surface area contributed by atoms with Gasteiger partial charge in [0.05, 0.1) is 0 Å². The number of alkyl carbamates (subject to hydrolysis) is 1. The van der Waals surface area contributed by atoms with Crippen molar-refractivity contribution in [2.24, 2.45) is 0 Å². The molecule has 5 nitrogen and oxygen atoms in total. The lowest BCUT2D eigenvalue weighted by Gasteiger charge is -2.18. The zero-order valence-electron chi connectivity index (χ0n) is 16.3. The van der Waals surface area contributed by atoms with E-state index in [2.05, 4.69) is 5.32 Å². The normalized spacial score (nSPS) is 11.8. The Morgan fingerprint density at radius 1 is 1.12 bits per heavy atom. The number of unbranched alkanes of at least 4 members (excludes halogenated alkanes) is 1. The van der Waals surface area contributed by atoms with E-state index in [1.165, 1.54) is 0 Å². The quantitative estimate of drug-likeness (QED) is 0.391. The summed E-state index contributed by atoms with van der Waals surface area (Å²) < 4.78 is 10.5. The molecule has 0 aliphatic carbocycles. The third-order valence-electron chi connectivity index (χ3n) is 3.59. The van der Waals surface area contributed by atoms with Crippen LogP contribution in [0.25, 0.3) is 0 Å². The molecule has 144 valence electrons. The van der Waals surface area contributed by atoms with Crippen molar-refractivity contribution in [2.45, 2.75) is 65.6 Å². The SMILES string of the molecule is CC/C(=C\C(=O)OC(C)(C)C)CCCCNC(=O)OCc1ccccc1. The second-order valence-electron chi connectivity index (χ2n) is 7.14. The molecule has 5 heteroatoms. The summed E-state index contributed by atoms with van der Waals surface area (Å²) in [5.74, 6) is -0.294. The van der Waals surface area contributed by atoms with Crippen molar-refractivity contribution < 1.29 is 19.1 Å². The van der Waals surface area contributed by atoms with Crippen molar-refractivity contribution in [3.63, 3.8) is 0 Å². The minimum absolute atomic E-state index is 0.269. The molecular formula is C21H31NO4. The summed E-state index contributed by atoms with van der Waals surface area (Å²) in [6, 6.07) is 9.57. The highest BCUT2D eigenvalue weighted by Gasteiger charge is 2.14. The molecule has 0 aliphatic heterocycles. The fraction of sp³-hybridized carbons (Fsp3) is 0.524. The Balaban J connectivity index is 2.19. The zero-order valence-corrected chi connectivity index (χ0v) is 16.3. The van der Waals surface area contributed by atoms with Gasteiger partial charge < -0.3 is 14.8 Å². The topological polar surface area (TPSA) is 64.6 Å². The van der Waals surface area contributed by atoms with Gasteiger partial charge in [-0.15, -0.1) is 0 Å². The smallest absolute Gasteiger partial charge is 0.407 e. The number of hydrogen-bond acceptors (Lipinski definition) is 4. The first-order valence-electron chi connectivity index (χ1n) is 9.17. The number of benzene rings is 1. The van der Waals surface area contributed by atoms with Crippen LogP contribution in [0.1, 0.15) is 58.9 Å². The molecule has 1 aromatic rings. The number of carbonyl (C=O) groups excluding carboxylic acids is 2. The van der Waals surface area contributed by atoms with Crippen LogP contribution in [0.5, 0.6) is 0 Å². The lowest BCUT2D eigenvalue weighted by molar-refractivity contribution is -0.148. The minimum atomic E-state index is -0.476. The van der Waals surface area contributed by atoms with Gasteiger partial charge in [-0.25, -0.2) is 9.59 Å². The summed E-state index contributed by atoms with van der Waals surface area (Å²) >= 11 is 0. The largest absolute Gasteiger partial charge is 0.457 e. The summed E-state index contributed by atoms with van der Waals surface area (Å²) in [6.45, 7) is 8.41. The van der Waals surface area contributed by atoms with Crippen LogP contribution in [0.4, 0.5) is 4.79 Å². The molecule has 0 saturated heterocycles. The fourth-order valence-electron chi connectivity index (χ4n) is 2.29. The first-order valence-corrected chi connectivity index (χ1v) is 9.17. The molecule has 0 radical (unpaired) electrons. The van der Waals surface area contributed by atoms with Gasteiger partial charge in [-0.05, 0) is 52.0 Å². The Morgan fingerprint density at radius 2 is 1.81 bits per heavy atom. The Morgan fingerprint density at radius 3 is 2.42 bits per heavy atom. The highest BCUT2D eigenvalue weighted by molar-refractivity contribution is 5.83. The molecule has 26 heavy (non-hydrogen) atoms. The maximum atomic E-state index is 11.8. The van der Waals surface area contributed by atoms with E-state index in [1.807, 2.05) is 58.0 Å². The fourth-order valence-corrected chi connectivity index (χ4v) is 2.29. The van der Waals surface area contributed by atoms with E-state index in [1.54, 1.807) is 6.08 Å². The molecular weight excluding hydrogens is 330 g/mol. The van der Waals surface area contributed by atoms with Gasteiger partial charge in [0.1, 0.15) is 12.2 Å². The van der Waals surface area contributed by atoms with Crippen LogP contribution in [0.3, 0.4) is 0 Å². The van der Waals surface area contributed by atoms with Crippen LogP contribution in [0.2, 0.25) is 0 Å². The molecule has 1 rings (SSSR count). The average molecular weight is 361 g/mol. The Hall–Kier alpha value is -2.30. The first-order chi connectivity index (χ1) is 12.3. The minimum Gasteiger partial charge on any atom is -0.457 e. The number of esters is 1. The molecule has 0 atom stereocenters.